The maximum Gasteiger partial charge on any atom is 0.251 e. The third kappa shape index (κ3) is 4.31. The summed E-state index contributed by atoms with van der Waals surface area (Å²) in [5.41, 5.74) is 0. The molecule has 0 radical (unpaired) electrons. The SMILES string of the molecule is CSCC[C@H]1NC(=S)N(CCOc2cccc(F)c2)C1=O. The molecule has 1 atom stereocenters. The van der Waals surface area contributed by atoms with E-state index in [4.69, 9.17) is 17.0 Å². The average molecular weight is 328 g/mol. The van der Waals surface area contributed by atoms with Gasteiger partial charge in [0.15, 0.2) is 5.11 Å². The number of ether oxygens (including phenoxy) is 1. The molecule has 1 amide bonds. The number of hydrogen-bond donors (Lipinski definition) is 1. The highest BCUT2D eigenvalue weighted by atomic mass is 32.2. The monoisotopic (exact) mass is 328 g/mol. The zero-order chi connectivity index (χ0) is 15.2. The standard InChI is InChI=1S/C14H17FN2O2S2/c1-21-8-5-12-13(18)17(14(20)16-12)6-7-19-11-4-2-3-10(15)9-11/h2-4,9,12H,5-8H2,1H3,(H,16,20)/t12-/m1/s1. The van der Waals surface area contributed by atoms with Gasteiger partial charge in [-0.2, -0.15) is 11.8 Å². The minimum absolute atomic E-state index is 0.0168. The van der Waals surface area contributed by atoms with Crippen molar-refractivity contribution in [1.29, 1.82) is 0 Å². The molecule has 21 heavy (non-hydrogen) atoms. The molecule has 1 aliphatic rings. The van der Waals surface area contributed by atoms with Gasteiger partial charge in [-0.3, -0.25) is 9.69 Å². The van der Waals surface area contributed by atoms with Gasteiger partial charge >= 0.3 is 0 Å². The normalized spacial score (nSPS) is 18.0. The van der Waals surface area contributed by atoms with Gasteiger partial charge in [0.05, 0.1) is 6.54 Å². The van der Waals surface area contributed by atoms with Crippen LogP contribution in [0.3, 0.4) is 0 Å². The fourth-order valence-corrected chi connectivity index (χ4v) is 2.83. The molecule has 1 aromatic carbocycles. The highest BCUT2D eigenvalue weighted by molar-refractivity contribution is 7.98. The summed E-state index contributed by atoms with van der Waals surface area (Å²) in [5, 5.41) is 3.46. The Kier molecular flexibility index (Phi) is 5.81. The Labute approximate surface area is 133 Å². The lowest BCUT2D eigenvalue weighted by atomic mass is 10.2. The van der Waals surface area contributed by atoms with Crippen LogP contribution in [0.25, 0.3) is 0 Å². The largest absolute Gasteiger partial charge is 0.492 e. The van der Waals surface area contributed by atoms with Crippen LogP contribution in [0.1, 0.15) is 6.42 Å². The minimum atomic E-state index is -0.348. The van der Waals surface area contributed by atoms with Gasteiger partial charge < -0.3 is 10.1 Å². The van der Waals surface area contributed by atoms with Crippen molar-refractivity contribution in [2.75, 3.05) is 25.2 Å². The van der Waals surface area contributed by atoms with Gasteiger partial charge in [0.2, 0.25) is 0 Å². The second kappa shape index (κ2) is 7.61. The smallest absolute Gasteiger partial charge is 0.251 e. The molecule has 0 saturated carbocycles. The number of thiocarbonyl (C=S) groups is 1. The van der Waals surface area contributed by atoms with Crippen LogP contribution in [0.15, 0.2) is 24.3 Å². The molecule has 7 heteroatoms. The van der Waals surface area contributed by atoms with Crippen LogP contribution in [0.2, 0.25) is 0 Å². The molecule has 1 N–H and O–H groups in total. The molecule has 0 bridgehead atoms. The number of carbonyl (C=O) groups excluding carboxylic acids is 1. The molecule has 2 rings (SSSR count). The molecule has 0 unspecified atom stereocenters. The third-order valence-corrected chi connectivity index (χ3v) is 4.08. The summed E-state index contributed by atoms with van der Waals surface area (Å²) in [7, 11) is 0. The van der Waals surface area contributed by atoms with Crippen molar-refractivity contribution in [3.8, 4) is 5.75 Å². The first kappa shape index (κ1) is 16.0. The van der Waals surface area contributed by atoms with Gasteiger partial charge in [0, 0.05) is 6.07 Å². The lowest BCUT2D eigenvalue weighted by molar-refractivity contribution is -0.127. The van der Waals surface area contributed by atoms with Crippen molar-refractivity contribution in [3.63, 3.8) is 0 Å². The average Bonchev–Trinajstić information content (AvgIpc) is 2.72. The molecule has 0 aliphatic carbocycles. The molecule has 1 fully saturated rings. The molecule has 114 valence electrons. The van der Waals surface area contributed by atoms with Crippen LogP contribution in [0.4, 0.5) is 4.39 Å². The number of hydrogen-bond acceptors (Lipinski definition) is 4. The Morgan fingerprint density at radius 1 is 1.52 bits per heavy atom. The Balaban J connectivity index is 1.82. The van der Waals surface area contributed by atoms with Crippen LogP contribution in [0, 0.1) is 5.82 Å². The Hall–Kier alpha value is -1.34. The number of benzene rings is 1. The first-order valence-corrected chi connectivity index (χ1v) is 8.41. The van der Waals surface area contributed by atoms with Gasteiger partial charge in [-0.15, -0.1) is 0 Å². The number of rotatable bonds is 7. The molecular formula is C14H17FN2O2S2. The molecule has 0 spiro atoms. The first-order chi connectivity index (χ1) is 10.1. The van der Waals surface area contributed by atoms with Crippen LogP contribution in [0.5, 0.6) is 5.75 Å². The van der Waals surface area contributed by atoms with Gasteiger partial charge in [-0.1, -0.05) is 6.07 Å². The Morgan fingerprint density at radius 2 is 2.33 bits per heavy atom. The molecule has 1 aliphatic heterocycles. The van der Waals surface area contributed by atoms with Crippen molar-refractivity contribution in [3.05, 3.63) is 30.1 Å². The lowest BCUT2D eigenvalue weighted by Crippen LogP contribution is -2.35. The van der Waals surface area contributed by atoms with Crippen molar-refractivity contribution in [2.45, 2.75) is 12.5 Å². The van der Waals surface area contributed by atoms with E-state index in [1.807, 2.05) is 6.26 Å². The van der Waals surface area contributed by atoms with E-state index in [-0.39, 0.29) is 24.4 Å². The molecule has 1 saturated heterocycles. The van der Waals surface area contributed by atoms with Crippen LogP contribution >= 0.6 is 24.0 Å². The summed E-state index contributed by atoms with van der Waals surface area (Å²) in [5.74, 6) is 0.982. The van der Waals surface area contributed by atoms with E-state index in [0.717, 1.165) is 12.2 Å². The highest BCUT2D eigenvalue weighted by Gasteiger charge is 2.34. The van der Waals surface area contributed by atoms with Crippen LogP contribution in [-0.4, -0.2) is 47.1 Å². The predicted octanol–water partition coefficient (Wildman–Crippen LogP) is 2.04. The molecule has 4 nitrogen and oxygen atoms in total. The number of nitrogens with zero attached hydrogens (tertiary/aromatic N) is 1. The summed E-state index contributed by atoms with van der Waals surface area (Å²) >= 11 is 6.86. The molecule has 1 heterocycles. The summed E-state index contributed by atoms with van der Waals surface area (Å²) in [6.45, 7) is 0.628. The Morgan fingerprint density at radius 3 is 3.05 bits per heavy atom. The molecular weight excluding hydrogens is 311 g/mol. The maximum absolute atomic E-state index is 13.0. The fourth-order valence-electron chi connectivity index (χ4n) is 2.03. The van der Waals surface area contributed by atoms with Crippen molar-refractivity contribution in [1.82, 2.24) is 10.2 Å². The van der Waals surface area contributed by atoms with E-state index < -0.39 is 0 Å². The highest BCUT2D eigenvalue weighted by Crippen LogP contribution is 2.14. The van der Waals surface area contributed by atoms with E-state index in [1.165, 1.54) is 17.0 Å². The van der Waals surface area contributed by atoms with Gasteiger partial charge in [-0.05, 0) is 42.8 Å². The summed E-state index contributed by atoms with van der Waals surface area (Å²) in [6.07, 6.45) is 2.75. The quantitative estimate of drug-likeness (QED) is 0.776. The lowest BCUT2D eigenvalue weighted by Gasteiger charge is -2.15. The zero-order valence-electron chi connectivity index (χ0n) is 11.7. The van der Waals surface area contributed by atoms with Gasteiger partial charge in [-0.25, -0.2) is 4.39 Å². The zero-order valence-corrected chi connectivity index (χ0v) is 13.3. The number of carbonyl (C=O) groups is 1. The van der Waals surface area contributed by atoms with Crippen LogP contribution in [-0.2, 0) is 4.79 Å². The first-order valence-electron chi connectivity index (χ1n) is 6.61. The van der Waals surface area contributed by atoms with Crippen molar-refractivity contribution >= 4 is 35.0 Å². The van der Waals surface area contributed by atoms with E-state index in [0.29, 0.717) is 17.4 Å². The van der Waals surface area contributed by atoms with E-state index in [9.17, 15) is 9.18 Å². The number of thioether (sulfide) groups is 1. The van der Waals surface area contributed by atoms with E-state index in [2.05, 4.69) is 5.32 Å². The van der Waals surface area contributed by atoms with Crippen molar-refractivity contribution < 1.29 is 13.9 Å². The predicted molar refractivity (Wildman–Crippen MR) is 86.1 cm³/mol. The van der Waals surface area contributed by atoms with Crippen LogP contribution < -0.4 is 10.1 Å². The molecule has 1 aromatic rings. The summed E-state index contributed by atoms with van der Waals surface area (Å²) in [4.78, 5) is 13.7. The Bertz CT molecular complexity index is 527. The van der Waals surface area contributed by atoms with E-state index >= 15 is 0 Å². The maximum atomic E-state index is 13.0. The van der Waals surface area contributed by atoms with Gasteiger partial charge in [0.1, 0.15) is 24.2 Å². The third-order valence-electron chi connectivity index (χ3n) is 3.10. The van der Waals surface area contributed by atoms with E-state index in [1.54, 1.807) is 23.9 Å². The topological polar surface area (TPSA) is 41.6 Å². The second-order valence-electron chi connectivity index (χ2n) is 4.58. The summed E-state index contributed by atoms with van der Waals surface area (Å²) in [6, 6.07) is 5.68. The van der Waals surface area contributed by atoms with Crippen molar-refractivity contribution in [2.24, 2.45) is 0 Å². The fraction of sp³-hybridized carbons (Fsp3) is 0.429. The number of amides is 1. The number of halogens is 1. The minimum Gasteiger partial charge on any atom is -0.492 e. The number of nitrogens with one attached hydrogen (secondary N) is 1. The van der Waals surface area contributed by atoms with Gasteiger partial charge in [0.25, 0.3) is 5.91 Å². The summed E-state index contributed by atoms with van der Waals surface area (Å²) < 4.78 is 18.4. The second-order valence-corrected chi connectivity index (χ2v) is 5.95. The molecule has 0 aromatic heterocycles.